The van der Waals surface area contributed by atoms with Gasteiger partial charge in [0.25, 0.3) is 0 Å². The van der Waals surface area contributed by atoms with E-state index in [0.717, 1.165) is 109 Å². The molecule has 0 aliphatic rings. The highest BCUT2D eigenvalue weighted by atomic mass is 16.6. The van der Waals surface area contributed by atoms with E-state index in [1.54, 1.807) is 0 Å². The molecule has 0 N–H and O–H groups in total. The highest BCUT2D eigenvalue weighted by Gasteiger charge is 2.19. The Morgan fingerprint density at radius 1 is 0.253 bits per heavy atom. The zero-order chi connectivity index (χ0) is 59.9. The van der Waals surface area contributed by atoms with Gasteiger partial charge in [-0.2, -0.15) is 0 Å². The van der Waals surface area contributed by atoms with Crippen LogP contribution in [0.5, 0.6) is 0 Å². The first kappa shape index (κ1) is 79.3. The summed E-state index contributed by atoms with van der Waals surface area (Å²) in [7, 11) is 0. The lowest BCUT2D eigenvalue weighted by molar-refractivity contribution is -0.167. The molecule has 0 aliphatic carbocycles. The van der Waals surface area contributed by atoms with Crippen LogP contribution in [0.4, 0.5) is 0 Å². The molecule has 0 aromatic carbocycles. The fraction of sp³-hybridized carbons (Fsp3) is 0.753. The number of unbranched alkanes of at least 4 members (excludes halogenated alkanes) is 38. The van der Waals surface area contributed by atoms with E-state index >= 15 is 0 Å². The molecular formula is C77H134O6. The van der Waals surface area contributed by atoms with Crippen LogP contribution in [0.25, 0.3) is 0 Å². The van der Waals surface area contributed by atoms with Crippen LogP contribution in [0.15, 0.2) is 97.2 Å². The predicted octanol–water partition coefficient (Wildman–Crippen LogP) is 24.8. The molecule has 6 nitrogen and oxygen atoms in total. The van der Waals surface area contributed by atoms with Crippen molar-refractivity contribution in [3.8, 4) is 0 Å². The number of allylic oxidation sites excluding steroid dienone is 16. The Morgan fingerprint density at radius 2 is 0.470 bits per heavy atom. The largest absolute Gasteiger partial charge is 0.462 e. The van der Waals surface area contributed by atoms with Crippen molar-refractivity contribution < 1.29 is 28.6 Å². The monoisotopic (exact) mass is 1160 g/mol. The molecule has 0 saturated heterocycles. The van der Waals surface area contributed by atoms with E-state index in [2.05, 4.69) is 118 Å². The van der Waals surface area contributed by atoms with Crippen LogP contribution in [-0.2, 0) is 28.6 Å². The van der Waals surface area contributed by atoms with E-state index in [1.807, 2.05) is 0 Å². The van der Waals surface area contributed by atoms with Crippen molar-refractivity contribution in [3.05, 3.63) is 97.2 Å². The van der Waals surface area contributed by atoms with Gasteiger partial charge in [-0.05, 0) is 122 Å². The molecule has 0 radical (unpaired) electrons. The standard InChI is InChI=1S/C77H134O6/c1-4-7-10-13-16-19-22-25-28-31-34-36-38-40-43-46-49-52-55-58-61-64-67-70-76(79)82-73-74(72-81-75(78)69-66-63-60-57-54-51-48-45-42-33-30-27-24-21-18-15-12-9-6-3)83-77(80)71-68-65-62-59-56-53-50-47-44-41-39-37-35-32-29-26-23-20-17-14-11-8-5-2/h9,12,18,21-22,25,27,30-32,34-35,38,40,42,45,74H,4-8,10-11,13-17,19-20,23-24,26,28-29,33,36-37,39,41,43-44,46-73H2,1-3H3/b12-9-,21-18-,25-22-,30-27-,34-31-,35-32-,40-38-,45-42-. The molecule has 1 atom stereocenters. The zero-order valence-corrected chi connectivity index (χ0v) is 54.9. The Hall–Kier alpha value is -3.67. The summed E-state index contributed by atoms with van der Waals surface area (Å²) in [5.74, 6) is -0.890. The van der Waals surface area contributed by atoms with Crippen molar-refractivity contribution in [2.24, 2.45) is 0 Å². The minimum absolute atomic E-state index is 0.0853. The highest BCUT2D eigenvalue weighted by Crippen LogP contribution is 2.17. The van der Waals surface area contributed by atoms with E-state index in [0.29, 0.717) is 19.3 Å². The van der Waals surface area contributed by atoms with Gasteiger partial charge in [-0.1, -0.05) is 311 Å². The van der Waals surface area contributed by atoms with Crippen LogP contribution in [0.1, 0.15) is 355 Å². The van der Waals surface area contributed by atoms with Crippen LogP contribution in [0.3, 0.4) is 0 Å². The molecule has 478 valence electrons. The maximum Gasteiger partial charge on any atom is 0.306 e. The molecule has 6 heteroatoms. The van der Waals surface area contributed by atoms with Gasteiger partial charge in [-0.25, -0.2) is 0 Å². The SMILES string of the molecule is CC/C=C\C/C=C\C/C=C\C/C=C\CCCCCCCCC(=O)OCC(COC(=O)CCCCCCCCCC/C=C\C/C=C\C/C=C\CCCCCCC)OC(=O)CCCCCCCCCCCCC/C=C\CCCCCCCCCC. The smallest absolute Gasteiger partial charge is 0.306 e. The van der Waals surface area contributed by atoms with Gasteiger partial charge in [0.2, 0.25) is 0 Å². The number of carbonyl (C=O) groups is 3. The minimum atomic E-state index is -0.791. The summed E-state index contributed by atoms with van der Waals surface area (Å²) in [6.07, 6.45) is 95.7. The maximum absolute atomic E-state index is 13.0. The van der Waals surface area contributed by atoms with Crippen molar-refractivity contribution in [3.63, 3.8) is 0 Å². The summed E-state index contributed by atoms with van der Waals surface area (Å²) in [6.45, 7) is 6.54. The topological polar surface area (TPSA) is 78.9 Å². The van der Waals surface area contributed by atoms with Crippen LogP contribution < -0.4 is 0 Å². The molecule has 0 aliphatic heterocycles. The average Bonchev–Trinajstić information content (AvgIpc) is 3.49. The molecule has 0 aromatic rings. The third-order valence-corrected chi connectivity index (χ3v) is 15.5. The fourth-order valence-electron chi connectivity index (χ4n) is 10.2. The molecule has 0 bridgehead atoms. The van der Waals surface area contributed by atoms with Crippen molar-refractivity contribution in [1.82, 2.24) is 0 Å². The molecule has 0 heterocycles. The second-order valence-electron chi connectivity index (χ2n) is 23.8. The molecule has 0 rings (SSSR count). The fourth-order valence-corrected chi connectivity index (χ4v) is 10.2. The average molecular weight is 1160 g/mol. The normalized spacial score (nSPS) is 12.7. The Morgan fingerprint density at radius 3 is 0.747 bits per heavy atom. The van der Waals surface area contributed by atoms with E-state index in [1.165, 1.54) is 205 Å². The van der Waals surface area contributed by atoms with Crippen LogP contribution >= 0.6 is 0 Å². The van der Waals surface area contributed by atoms with Gasteiger partial charge >= 0.3 is 17.9 Å². The van der Waals surface area contributed by atoms with E-state index in [9.17, 15) is 14.4 Å². The van der Waals surface area contributed by atoms with Crippen LogP contribution in [0.2, 0.25) is 0 Å². The van der Waals surface area contributed by atoms with Gasteiger partial charge in [0.15, 0.2) is 6.10 Å². The Balaban J connectivity index is 4.40. The van der Waals surface area contributed by atoms with Gasteiger partial charge in [-0.15, -0.1) is 0 Å². The molecule has 1 unspecified atom stereocenters. The summed E-state index contributed by atoms with van der Waals surface area (Å²) in [5, 5.41) is 0. The number of esters is 3. The Kier molecular flexibility index (Phi) is 67.7. The molecule has 0 spiro atoms. The first-order valence-electron chi connectivity index (χ1n) is 35.7. The summed E-state index contributed by atoms with van der Waals surface area (Å²) >= 11 is 0. The number of hydrogen-bond donors (Lipinski definition) is 0. The van der Waals surface area contributed by atoms with Crippen molar-refractivity contribution >= 4 is 17.9 Å². The van der Waals surface area contributed by atoms with Gasteiger partial charge in [0, 0.05) is 19.3 Å². The molecule has 0 saturated carbocycles. The maximum atomic E-state index is 13.0. The third-order valence-electron chi connectivity index (χ3n) is 15.5. The molecule has 0 amide bonds. The lowest BCUT2D eigenvalue weighted by atomic mass is 10.0. The number of hydrogen-bond acceptors (Lipinski definition) is 6. The van der Waals surface area contributed by atoms with Crippen molar-refractivity contribution in [1.29, 1.82) is 0 Å². The first-order valence-corrected chi connectivity index (χ1v) is 35.7. The van der Waals surface area contributed by atoms with Crippen molar-refractivity contribution in [2.75, 3.05) is 13.2 Å². The third kappa shape index (κ3) is 69.0. The lowest BCUT2D eigenvalue weighted by Crippen LogP contribution is -2.30. The number of ether oxygens (including phenoxy) is 3. The van der Waals surface area contributed by atoms with Gasteiger partial charge < -0.3 is 14.2 Å². The quantitative estimate of drug-likeness (QED) is 0.0261. The molecular weight excluding hydrogens is 1020 g/mol. The van der Waals surface area contributed by atoms with Crippen LogP contribution in [0, 0.1) is 0 Å². The number of carbonyl (C=O) groups excluding carboxylic acids is 3. The zero-order valence-electron chi connectivity index (χ0n) is 54.9. The second-order valence-corrected chi connectivity index (χ2v) is 23.8. The van der Waals surface area contributed by atoms with Crippen molar-refractivity contribution in [2.45, 2.75) is 361 Å². The number of rotatable bonds is 65. The highest BCUT2D eigenvalue weighted by molar-refractivity contribution is 5.71. The van der Waals surface area contributed by atoms with E-state index in [-0.39, 0.29) is 31.1 Å². The Labute approximate surface area is 515 Å². The summed E-state index contributed by atoms with van der Waals surface area (Å²) in [5.41, 5.74) is 0. The van der Waals surface area contributed by atoms with E-state index < -0.39 is 6.10 Å². The summed E-state index contributed by atoms with van der Waals surface area (Å²) in [4.78, 5) is 38.5. The second kappa shape index (κ2) is 70.8. The molecule has 0 fully saturated rings. The van der Waals surface area contributed by atoms with Gasteiger partial charge in [0.1, 0.15) is 13.2 Å². The molecule has 0 aromatic heterocycles. The molecule has 83 heavy (non-hydrogen) atoms. The van der Waals surface area contributed by atoms with Gasteiger partial charge in [0.05, 0.1) is 0 Å². The first-order chi connectivity index (χ1) is 41.0. The summed E-state index contributed by atoms with van der Waals surface area (Å²) in [6, 6.07) is 0. The lowest BCUT2D eigenvalue weighted by Gasteiger charge is -2.18. The Bertz CT molecular complexity index is 1610. The van der Waals surface area contributed by atoms with E-state index in [4.69, 9.17) is 14.2 Å². The van der Waals surface area contributed by atoms with Crippen LogP contribution in [-0.4, -0.2) is 37.2 Å². The van der Waals surface area contributed by atoms with Gasteiger partial charge in [-0.3, -0.25) is 14.4 Å². The predicted molar refractivity (Wildman–Crippen MR) is 362 cm³/mol. The minimum Gasteiger partial charge on any atom is -0.462 e. The summed E-state index contributed by atoms with van der Waals surface area (Å²) < 4.78 is 17.0.